The first-order chi connectivity index (χ1) is 7.97. The lowest BCUT2D eigenvalue weighted by Gasteiger charge is -2.05. The lowest BCUT2D eigenvalue weighted by Crippen LogP contribution is -2.07. The second-order valence-electron chi connectivity index (χ2n) is 4.23. The molecular weight excluding hydrogens is 214 g/mol. The Kier molecular flexibility index (Phi) is 2.50. The lowest BCUT2D eigenvalue weighted by atomic mass is 10.2. The van der Waals surface area contributed by atoms with E-state index >= 15 is 0 Å². The van der Waals surface area contributed by atoms with Gasteiger partial charge in [-0.3, -0.25) is 0 Å². The van der Waals surface area contributed by atoms with Crippen LogP contribution in [0.1, 0.15) is 28.2 Å². The van der Waals surface area contributed by atoms with E-state index in [2.05, 4.69) is 16.3 Å². The molecule has 0 N–H and O–H groups in total. The van der Waals surface area contributed by atoms with Crippen LogP contribution in [0.2, 0.25) is 0 Å². The van der Waals surface area contributed by atoms with Crippen LogP contribution in [0.5, 0.6) is 0 Å². The largest absolute Gasteiger partial charge is 0.250 e. The maximum absolute atomic E-state index is 9.20. The first kappa shape index (κ1) is 11.4. The Balaban J connectivity index is 2.77. The summed E-state index contributed by atoms with van der Waals surface area (Å²) in [6.45, 7) is 7.83. The number of aryl methyl sites for hydroxylation is 3. The Morgan fingerprint density at radius 1 is 1.06 bits per heavy atom. The maximum atomic E-state index is 9.20. The zero-order chi connectivity index (χ0) is 12.7. The average Bonchev–Trinajstić information content (AvgIpc) is 2.69. The summed E-state index contributed by atoms with van der Waals surface area (Å²) in [6.07, 6.45) is 0. The highest BCUT2D eigenvalue weighted by molar-refractivity contribution is 5.48. The van der Waals surface area contributed by atoms with Crippen LogP contribution in [0.4, 0.5) is 0 Å². The molecule has 0 saturated carbocycles. The molecule has 0 fully saturated rings. The summed E-state index contributed by atoms with van der Waals surface area (Å²) in [5, 5.41) is 17.9. The normalized spacial score (nSPS) is 10.6. The third-order valence-electron chi connectivity index (χ3n) is 3.16. The molecule has 0 atom stereocenters. The molecule has 0 aliphatic heterocycles. The Labute approximate surface area is 100 Å². The molecule has 0 radical (unpaired) electrons. The third kappa shape index (κ3) is 1.53. The fraction of sp³-hybridized carbons (Fsp3) is 0.417. The fourth-order valence-electron chi connectivity index (χ4n) is 1.95. The summed E-state index contributed by atoms with van der Waals surface area (Å²) < 4.78 is 3.50. The molecule has 2 aromatic rings. The highest BCUT2D eigenvalue weighted by Gasteiger charge is 2.18. The molecule has 5 heteroatoms. The molecule has 0 aromatic carbocycles. The summed E-state index contributed by atoms with van der Waals surface area (Å²) in [5.41, 5.74) is 4.48. The summed E-state index contributed by atoms with van der Waals surface area (Å²) in [4.78, 5) is 0. The Morgan fingerprint density at radius 3 is 2.18 bits per heavy atom. The van der Waals surface area contributed by atoms with Crippen LogP contribution in [-0.2, 0) is 7.05 Å². The van der Waals surface area contributed by atoms with Crippen molar-refractivity contribution in [3.63, 3.8) is 0 Å². The van der Waals surface area contributed by atoms with E-state index in [0.29, 0.717) is 5.56 Å². The van der Waals surface area contributed by atoms with Crippen LogP contribution in [0, 0.1) is 39.0 Å². The highest BCUT2D eigenvalue weighted by atomic mass is 15.4. The summed E-state index contributed by atoms with van der Waals surface area (Å²) in [6, 6.07) is 2.19. The minimum atomic E-state index is 0.582. The first-order valence-electron chi connectivity index (χ1n) is 5.44. The standard InChI is InChI=1S/C12H15N5/c1-7-8(2)15-17(10(7)4)12-11(6-13)9(3)14-16(12)5/h1-5H3. The van der Waals surface area contributed by atoms with E-state index in [0.717, 1.165) is 28.5 Å². The van der Waals surface area contributed by atoms with Gasteiger partial charge in [0.25, 0.3) is 0 Å². The molecular formula is C12H15N5. The topological polar surface area (TPSA) is 59.4 Å². The first-order valence-corrected chi connectivity index (χ1v) is 5.44. The van der Waals surface area contributed by atoms with Crippen molar-refractivity contribution in [2.45, 2.75) is 27.7 Å². The van der Waals surface area contributed by atoms with E-state index in [1.54, 1.807) is 9.36 Å². The molecule has 2 heterocycles. The van der Waals surface area contributed by atoms with Gasteiger partial charge in [-0.2, -0.15) is 15.5 Å². The second kappa shape index (κ2) is 3.74. The zero-order valence-corrected chi connectivity index (χ0v) is 10.7. The number of nitrogens with zero attached hydrogens (tertiary/aromatic N) is 5. The molecule has 0 spiro atoms. The van der Waals surface area contributed by atoms with Crippen molar-refractivity contribution in [3.05, 3.63) is 28.2 Å². The molecule has 88 valence electrons. The van der Waals surface area contributed by atoms with Crippen molar-refractivity contribution in [1.29, 1.82) is 5.26 Å². The molecule has 0 saturated heterocycles. The molecule has 5 nitrogen and oxygen atoms in total. The second-order valence-corrected chi connectivity index (χ2v) is 4.23. The van der Waals surface area contributed by atoms with Gasteiger partial charge in [-0.05, 0) is 33.3 Å². The number of hydrogen-bond acceptors (Lipinski definition) is 3. The predicted octanol–water partition coefficient (Wildman–Crippen LogP) is 1.71. The zero-order valence-electron chi connectivity index (χ0n) is 10.7. The van der Waals surface area contributed by atoms with E-state index in [4.69, 9.17) is 0 Å². The van der Waals surface area contributed by atoms with Crippen molar-refractivity contribution in [3.8, 4) is 11.9 Å². The van der Waals surface area contributed by atoms with Crippen LogP contribution >= 0.6 is 0 Å². The third-order valence-corrected chi connectivity index (χ3v) is 3.16. The van der Waals surface area contributed by atoms with E-state index in [1.165, 1.54) is 0 Å². The summed E-state index contributed by atoms with van der Waals surface area (Å²) in [7, 11) is 1.83. The number of aromatic nitrogens is 4. The van der Waals surface area contributed by atoms with Crippen molar-refractivity contribution in [2.75, 3.05) is 0 Å². The van der Waals surface area contributed by atoms with Gasteiger partial charge in [0.05, 0.1) is 11.4 Å². The Bertz CT molecular complexity index is 624. The van der Waals surface area contributed by atoms with Gasteiger partial charge in [0.15, 0.2) is 5.82 Å². The molecule has 0 amide bonds. The van der Waals surface area contributed by atoms with E-state index in [9.17, 15) is 5.26 Å². The van der Waals surface area contributed by atoms with Crippen LogP contribution in [0.25, 0.3) is 5.82 Å². The minimum absolute atomic E-state index is 0.582. The highest BCUT2D eigenvalue weighted by Crippen LogP contribution is 2.21. The Morgan fingerprint density at radius 2 is 1.71 bits per heavy atom. The molecule has 17 heavy (non-hydrogen) atoms. The van der Waals surface area contributed by atoms with Crippen LogP contribution in [0.3, 0.4) is 0 Å². The number of hydrogen-bond donors (Lipinski definition) is 0. The maximum Gasteiger partial charge on any atom is 0.170 e. The monoisotopic (exact) mass is 229 g/mol. The Hall–Kier alpha value is -2.09. The van der Waals surface area contributed by atoms with Gasteiger partial charge in [-0.15, -0.1) is 0 Å². The van der Waals surface area contributed by atoms with Gasteiger partial charge in [-0.25, -0.2) is 9.36 Å². The molecule has 0 aliphatic rings. The number of nitriles is 1. The van der Waals surface area contributed by atoms with Crippen molar-refractivity contribution in [1.82, 2.24) is 19.6 Å². The molecule has 0 unspecified atom stereocenters. The van der Waals surface area contributed by atoms with Crippen LogP contribution < -0.4 is 0 Å². The van der Waals surface area contributed by atoms with Gasteiger partial charge < -0.3 is 0 Å². The molecule has 2 rings (SSSR count). The fourth-order valence-corrected chi connectivity index (χ4v) is 1.95. The predicted molar refractivity (Wildman–Crippen MR) is 64.0 cm³/mol. The minimum Gasteiger partial charge on any atom is -0.250 e. The quantitative estimate of drug-likeness (QED) is 0.748. The number of rotatable bonds is 1. The molecule has 2 aromatic heterocycles. The van der Waals surface area contributed by atoms with Gasteiger partial charge in [0.2, 0.25) is 0 Å². The summed E-state index contributed by atoms with van der Waals surface area (Å²) >= 11 is 0. The van der Waals surface area contributed by atoms with Crippen molar-refractivity contribution >= 4 is 0 Å². The SMILES string of the molecule is Cc1nn(-c2c(C#N)c(C)nn2C)c(C)c1C. The lowest BCUT2D eigenvalue weighted by molar-refractivity contribution is 0.682. The molecule has 0 bridgehead atoms. The summed E-state index contributed by atoms with van der Waals surface area (Å²) in [5.74, 6) is 0.735. The van der Waals surface area contributed by atoms with E-state index in [1.807, 2.05) is 34.7 Å². The van der Waals surface area contributed by atoms with E-state index < -0.39 is 0 Å². The van der Waals surface area contributed by atoms with Gasteiger partial charge >= 0.3 is 0 Å². The smallest absolute Gasteiger partial charge is 0.170 e. The van der Waals surface area contributed by atoms with Crippen LogP contribution in [-0.4, -0.2) is 19.6 Å². The van der Waals surface area contributed by atoms with Gasteiger partial charge in [0, 0.05) is 12.7 Å². The van der Waals surface area contributed by atoms with Crippen LogP contribution in [0.15, 0.2) is 0 Å². The van der Waals surface area contributed by atoms with Crippen molar-refractivity contribution in [2.24, 2.45) is 7.05 Å². The van der Waals surface area contributed by atoms with Gasteiger partial charge in [0.1, 0.15) is 11.6 Å². The van der Waals surface area contributed by atoms with Gasteiger partial charge in [-0.1, -0.05) is 0 Å². The van der Waals surface area contributed by atoms with E-state index in [-0.39, 0.29) is 0 Å². The molecule has 0 aliphatic carbocycles. The van der Waals surface area contributed by atoms with Crippen molar-refractivity contribution < 1.29 is 0 Å². The average molecular weight is 229 g/mol.